The van der Waals surface area contributed by atoms with Crippen LogP contribution in [0.5, 0.6) is 0 Å². The zero-order chi connectivity index (χ0) is 12.5. The lowest BCUT2D eigenvalue weighted by Crippen LogP contribution is -2.31. The Morgan fingerprint density at radius 3 is 2.78 bits per heavy atom. The molecule has 0 aromatic heterocycles. The van der Waals surface area contributed by atoms with Gasteiger partial charge in [0.25, 0.3) is 0 Å². The molecule has 1 aromatic rings. The summed E-state index contributed by atoms with van der Waals surface area (Å²) in [4.78, 5) is 2.46. The smallest absolute Gasteiger partial charge is 0.0417 e. The third kappa shape index (κ3) is 3.84. The van der Waals surface area contributed by atoms with Crippen LogP contribution in [0.25, 0.3) is 0 Å². The number of likely N-dealkylation sites (tertiary alicyclic amines) is 1. The second kappa shape index (κ2) is 6.58. The van der Waals surface area contributed by atoms with Crippen LogP contribution in [0.2, 0.25) is 5.02 Å². The average Bonchev–Trinajstić information content (AvgIpc) is 2.66. The Hall–Kier alpha value is 0.200. The first kappa shape index (κ1) is 16.3. The molecule has 0 aliphatic carbocycles. The third-order valence-electron chi connectivity index (χ3n) is 3.54. The molecule has 0 bridgehead atoms. The maximum atomic E-state index is 5.94. The van der Waals surface area contributed by atoms with Crippen LogP contribution in [0.4, 0.5) is 0 Å². The number of rotatable bonds is 3. The fourth-order valence-corrected chi connectivity index (χ4v) is 3.13. The summed E-state index contributed by atoms with van der Waals surface area (Å²) in [5, 5.41) is 0.772. The zero-order valence-electron chi connectivity index (χ0n) is 10.5. The van der Waals surface area contributed by atoms with Crippen molar-refractivity contribution in [1.82, 2.24) is 4.90 Å². The minimum Gasteiger partial charge on any atom is -0.330 e. The Labute approximate surface area is 128 Å². The molecule has 1 aromatic carbocycles. The molecule has 0 saturated carbocycles. The van der Waals surface area contributed by atoms with Gasteiger partial charge in [-0.25, -0.2) is 0 Å². The minimum atomic E-state index is 0. The number of hydrogen-bond donors (Lipinski definition) is 1. The van der Waals surface area contributed by atoms with Crippen molar-refractivity contribution >= 4 is 39.9 Å². The molecule has 1 aliphatic heterocycles. The van der Waals surface area contributed by atoms with Crippen LogP contribution in [0.15, 0.2) is 22.7 Å². The van der Waals surface area contributed by atoms with Crippen LogP contribution in [0.1, 0.15) is 18.9 Å². The molecule has 2 rings (SSSR count). The van der Waals surface area contributed by atoms with E-state index in [1.165, 1.54) is 12.0 Å². The Bertz CT molecular complexity index is 414. The van der Waals surface area contributed by atoms with Gasteiger partial charge in [-0.05, 0) is 42.6 Å². The largest absolute Gasteiger partial charge is 0.330 e. The van der Waals surface area contributed by atoms with Crippen LogP contribution in [-0.2, 0) is 6.54 Å². The third-order valence-corrected chi connectivity index (χ3v) is 4.51. The highest BCUT2D eigenvalue weighted by Crippen LogP contribution is 2.31. The molecule has 0 amide bonds. The lowest BCUT2D eigenvalue weighted by molar-refractivity contribution is 0.274. The lowest BCUT2D eigenvalue weighted by Gasteiger charge is -2.23. The molecule has 102 valence electrons. The van der Waals surface area contributed by atoms with E-state index in [1.54, 1.807) is 0 Å². The highest BCUT2D eigenvalue weighted by atomic mass is 79.9. The van der Waals surface area contributed by atoms with Gasteiger partial charge in [-0.1, -0.05) is 40.5 Å². The standard InChI is InChI=1S/C13H18BrClN2.ClH/c1-13(8-16)4-5-17(9-13)7-10-2-3-11(15)6-12(10)14;/h2-3,6H,4-5,7-9,16H2,1H3;1H. The van der Waals surface area contributed by atoms with Crippen LogP contribution < -0.4 is 5.73 Å². The van der Waals surface area contributed by atoms with Gasteiger partial charge in [0.15, 0.2) is 0 Å². The molecule has 1 aliphatic rings. The van der Waals surface area contributed by atoms with Crippen LogP contribution >= 0.6 is 39.9 Å². The molecule has 5 heteroatoms. The van der Waals surface area contributed by atoms with E-state index in [2.05, 4.69) is 33.8 Å². The summed E-state index contributed by atoms with van der Waals surface area (Å²) in [5.41, 5.74) is 7.40. The normalized spacial score (nSPS) is 24.0. The summed E-state index contributed by atoms with van der Waals surface area (Å²) in [6.45, 7) is 6.21. The topological polar surface area (TPSA) is 29.3 Å². The Morgan fingerprint density at radius 2 is 2.22 bits per heavy atom. The van der Waals surface area contributed by atoms with Gasteiger partial charge in [-0.2, -0.15) is 0 Å². The molecule has 0 radical (unpaired) electrons. The van der Waals surface area contributed by atoms with E-state index in [4.69, 9.17) is 17.3 Å². The van der Waals surface area contributed by atoms with E-state index in [0.717, 1.165) is 35.7 Å². The maximum absolute atomic E-state index is 5.94. The Morgan fingerprint density at radius 1 is 1.50 bits per heavy atom. The predicted octanol–water partition coefficient (Wildman–Crippen LogP) is 3.70. The van der Waals surface area contributed by atoms with Crippen molar-refractivity contribution in [2.75, 3.05) is 19.6 Å². The summed E-state index contributed by atoms with van der Waals surface area (Å²) in [6, 6.07) is 5.99. The highest BCUT2D eigenvalue weighted by Gasteiger charge is 2.32. The van der Waals surface area contributed by atoms with Crippen LogP contribution in [-0.4, -0.2) is 24.5 Å². The summed E-state index contributed by atoms with van der Waals surface area (Å²) in [7, 11) is 0. The second-order valence-corrected chi connectivity index (χ2v) is 6.50. The summed E-state index contributed by atoms with van der Waals surface area (Å²) in [6.07, 6.45) is 1.19. The number of benzene rings is 1. The number of nitrogens with zero attached hydrogens (tertiary/aromatic N) is 1. The van der Waals surface area contributed by atoms with E-state index in [0.29, 0.717) is 5.41 Å². The van der Waals surface area contributed by atoms with Crippen LogP contribution in [0.3, 0.4) is 0 Å². The minimum absolute atomic E-state index is 0. The zero-order valence-corrected chi connectivity index (χ0v) is 13.6. The Balaban J connectivity index is 0.00000162. The van der Waals surface area contributed by atoms with Crippen molar-refractivity contribution in [3.8, 4) is 0 Å². The van der Waals surface area contributed by atoms with Gasteiger partial charge in [0.1, 0.15) is 0 Å². The van der Waals surface area contributed by atoms with Crippen molar-refractivity contribution in [3.05, 3.63) is 33.3 Å². The molecule has 0 spiro atoms. The van der Waals surface area contributed by atoms with E-state index in [-0.39, 0.29) is 12.4 Å². The summed E-state index contributed by atoms with van der Waals surface area (Å²) < 4.78 is 1.09. The van der Waals surface area contributed by atoms with Gasteiger partial charge in [0, 0.05) is 22.6 Å². The molecule has 2 N–H and O–H groups in total. The molecule has 18 heavy (non-hydrogen) atoms. The average molecular weight is 354 g/mol. The summed E-state index contributed by atoms with van der Waals surface area (Å²) >= 11 is 9.51. The van der Waals surface area contributed by atoms with Gasteiger partial charge in [0.05, 0.1) is 0 Å². The fraction of sp³-hybridized carbons (Fsp3) is 0.538. The molecular formula is C13H19BrCl2N2. The molecule has 1 saturated heterocycles. The van der Waals surface area contributed by atoms with Crippen molar-refractivity contribution in [2.24, 2.45) is 11.1 Å². The SMILES string of the molecule is CC1(CN)CCN(Cc2ccc(Cl)cc2Br)C1.Cl. The molecule has 2 nitrogen and oxygen atoms in total. The van der Waals surface area contributed by atoms with Gasteiger partial charge >= 0.3 is 0 Å². The molecule has 1 heterocycles. The summed E-state index contributed by atoms with van der Waals surface area (Å²) in [5.74, 6) is 0. The number of halogens is 3. The van der Waals surface area contributed by atoms with Gasteiger partial charge in [0.2, 0.25) is 0 Å². The molecule has 1 unspecified atom stereocenters. The van der Waals surface area contributed by atoms with Gasteiger partial charge < -0.3 is 5.73 Å². The molecule has 1 fully saturated rings. The van der Waals surface area contributed by atoms with Crippen molar-refractivity contribution < 1.29 is 0 Å². The van der Waals surface area contributed by atoms with Crippen molar-refractivity contribution in [1.29, 1.82) is 0 Å². The molecule has 1 atom stereocenters. The number of hydrogen-bond acceptors (Lipinski definition) is 2. The Kier molecular flexibility index (Phi) is 5.94. The maximum Gasteiger partial charge on any atom is 0.0417 e. The lowest BCUT2D eigenvalue weighted by atomic mass is 9.90. The van der Waals surface area contributed by atoms with Crippen LogP contribution in [0, 0.1) is 5.41 Å². The predicted molar refractivity (Wildman–Crippen MR) is 83.5 cm³/mol. The fourth-order valence-electron chi connectivity index (χ4n) is 2.32. The second-order valence-electron chi connectivity index (χ2n) is 5.21. The van der Waals surface area contributed by atoms with E-state index >= 15 is 0 Å². The monoisotopic (exact) mass is 352 g/mol. The van der Waals surface area contributed by atoms with E-state index < -0.39 is 0 Å². The first-order chi connectivity index (χ1) is 8.02. The van der Waals surface area contributed by atoms with Crippen molar-refractivity contribution in [2.45, 2.75) is 19.9 Å². The van der Waals surface area contributed by atoms with E-state index in [1.807, 2.05) is 12.1 Å². The first-order valence-electron chi connectivity index (χ1n) is 5.89. The van der Waals surface area contributed by atoms with Gasteiger partial charge in [-0.15, -0.1) is 12.4 Å². The quantitative estimate of drug-likeness (QED) is 0.897. The first-order valence-corrected chi connectivity index (χ1v) is 7.06. The highest BCUT2D eigenvalue weighted by molar-refractivity contribution is 9.10. The van der Waals surface area contributed by atoms with Gasteiger partial charge in [-0.3, -0.25) is 4.90 Å². The molecular weight excluding hydrogens is 335 g/mol. The number of nitrogens with two attached hydrogens (primary N) is 1. The van der Waals surface area contributed by atoms with E-state index in [9.17, 15) is 0 Å². The van der Waals surface area contributed by atoms with Crippen molar-refractivity contribution in [3.63, 3.8) is 0 Å².